The maximum atomic E-state index is 10.1. The number of benzene rings is 1. The van der Waals surface area contributed by atoms with Gasteiger partial charge in [-0.2, -0.15) is 0 Å². The Morgan fingerprint density at radius 2 is 2.31 bits per heavy atom. The molecule has 1 spiro atoms. The van der Waals surface area contributed by atoms with Crippen molar-refractivity contribution in [1.29, 1.82) is 0 Å². The van der Waals surface area contributed by atoms with Crippen LogP contribution in [0.2, 0.25) is 0 Å². The minimum absolute atomic E-state index is 0.116. The van der Waals surface area contributed by atoms with Gasteiger partial charge in [0.05, 0.1) is 11.7 Å². The van der Waals surface area contributed by atoms with Crippen molar-refractivity contribution < 1.29 is 14.9 Å². The highest BCUT2D eigenvalue weighted by molar-refractivity contribution is 5.47. The second kappa shape index (κ2) is 3.37. The van der Waals surface area contributed by atoms with E-state index in [0.717, 1.165) is 19.5 Å². The summed E-state index contributed by atoms with van der Waals surface area (Å²) in [7, 11) is 0. The van der Waals surface area contributed by atoms with Crippen LogP contribution >= 0.6 is 0 Å². The Morgan fingerprint density at radius 1 is 1.44 bits per heavy atom. The number of aliphatic hydroxyl groups excluding tert-OH is 1. The van der Waals surface area contributed by atoms with Crippen LogP contribution in [-0.4, -0.2) is 28.9 Å². The van der Waals surface area contributed by atoms with Crippen LogP contribution < -0.4 is 10.1 Å². The SMILES string of the molecule is Oc1cccc2c1C(O)CC1(CCNC1)O2. The van der Waals surface area contributed by atoms with Gasteiger partial charge < -0.3 is 20.3 Å². The molecule has 86 valence electrons. The fourth-order valence-electron chi connectivity index (χ4n) is 2.67. The fourth-order valence-corrected chi connectivity index (χ4v) is 2.67. The molecule has 0 aliphatic carbocycles. The molecule has 2 aliphatic heterocycles. The van der Waals surface area contributed by atoms with E-state index in [-0.39, 0.29) is 11.4 Å². The van der Waals surface area contributed by atoms with Crippen LogP contribution in [0.5, 0.6) is 11.5 Å². The number of phenolic OH excluding ortho intramolecular Hbond substituents is 1. The van der Waals surface area contributed by atoms with Crippen molar-refractivity contribution in [3.05, 3.63) is 23.8 Å². The second-order valence-electron chi connectivity index (χ2n) is 4.62. The quantitative estimate of drug-likeness (QED) is 0.610. The Morgan fingerprint density at radius 3 is 3.06 bits per heavy atom. The lowest BCUT2D eigenvalue weighted by Gasteiger charge is -2.37. The van der Waals surface area contributed by atoms with Crippen LogP contribution in [0.25, 0.3) is 0 Å². The van der Waals surface area contributed by atoms with E-state index in [9.17, 15) is 10.2 Å². The van der Waals surface area contributed by atoms with E-state index in [4.69, 9.17) is 4.74 Å². The van der Waals surface area contributed by atoms with Gasteiger partial charge in [-0.3, -0.25) is 0 Å². The van der Waals surface area contributed by atoms with Crippen LogP contribution in [-0.2, 0) is 0 Å². The molecule has 4 heteroatoms. The van der Waals surface area contributed by atoms with Gasteiger partial charge >= 0.3 is 0 Å². The van der Waals surface area contributed by atoms with Crippen LogP contribution in [0.4, 0.5) is 0 Å². The van der Waals surface area contributed by atoms with Crippen LogP contribution in [0.1, 0.15) is 24.5 Å². The molecule has 3 N–H and O–H groups in total. The predicted octanol–water partition coefficient (Wildman–Crippen LogP) is 0.940. The molecule has 3 rings (SSSR count). The summed E-state index contributed by atoms with van der Waals surface area (Å²) in [5.41, 5.74) is 0.236. The number of ether oxygens (including phenoxy) is 1. The summed E-state index contributed by atoms with van der Waals surface area (Å²) in [6.07, 6.45) is 0.814. The molecule has 0 bridgehead atoms. The lowest BCUT2D eigenvalue weighted by molar-refractivity contribution is -0.00160. The average Bonchev–Trinajstić information content (AvgIpc) is 2.65. The second-order valence-corrected chi connectivity index (χ2v) is 4.62. The summed E-state index contributed by atoms with van der Waals surface area (Å²) in [4.78, 5) is 0. The zero-order valence-corrected chi connectivity index (χ0v) is 8.94. The van der Waals surface area contributed by atoms with Gasteiger partial charge in [0, 0.05) is 19.4 Å². The number of fused-ring (bicyclic) bond motifs is 1. The first-order chi connectivity index (χ1) is 7.70. The largest absolute Gasteiger partial charge is 0.507 e. The monoisotopic (exact) mass is 221 g/mol. The summed E-state index contributed by atoms with van der Waals surface area (Å²) in [5, 5.41) is 23.1. The molecule has 2 unspecified atom stereocenters. The number of hydrogen-bond donors (Lipinski definition) is 3. The number of rotatable bonds is 0. The van der Waals surface area contributed by atoms with E-state index in [2.05, 4.69) is 5.32 Å². The minimum atomic E-state index is -0.634. The minimum Gasteiger partial charge on any atom is -0.507 e. The molecule has 1 aromatic carbocycles. The number of aliphatic hydroxyl groups is 1. The molecule has 2 heterocycles. The highest BCUT2D eigenvalue weighted by Gasteiger charge is 2.43. The molecule has 2 atom stereocenters. The van der Waals surface area contributed by atoms with Gasteiger partial charge in [0.1, 0.15) is 17.1 Å². The third kappa shape index (κ3) is 1.37. The Bertz CT molecular complexity index is 413. The maximum absolute atomic E-state index is 10.1. The Balaban J connectivity index is 2.02. The fraction of sp³-hybridized carbons (Fsp3) is 0.500. The van der Waals surface area contributed by atoms with E-state index in [1.807, 2.05) is 0 Å². The summed E-state index contributed by atoms with van der Waals surface area (Å²) in [6.45, 7) is 1.68. The van der Waals surface area contributed by atoms with Crippen molar-refractivity contribution in [2.45, 2.75) is 24.5 Å². The van der Waals surface area contributed by atoms with Crippen LogP contribution in [0, 0.1) is 0 Å². The Kier molecular flexibility index (Phi) is 2.09. The maximum Gasteiger partial charge on any atom is 0.129 e. The molecule has 0 saturated carbocycles. The molecule has 2 aliphatic rings. The van der Waals surface area contributed by atoms with Crippen LogP contribution in [0.3, 0.4) is 0 Å². The van der Waals surface area contributed by atoms with Crippen molar-refractivity contribution >= 4 is 0 Å². The third-order valence-corrected chi connectivity index (χ3v) is 3.47. The van der Waals surface area contributed by atoms with Gasteiger partial charge in [-0.1, -0.05) is 6.07 Å². The number of nitrogens with one attached hydrogen (secondary N) is 1. The van der Waals surface area contributed by atoms with Gasteiger partial charge in [0.15, 0.2) is 0 Å². The van der Waals surface area contributed by atoms with Crippen molar-refractivity contribution in [3.8, 4) is 11.5 Å². The molecule has 0 aromatic heterocycles. The van der Waals surface area contributed by atoms with Crippen molar-refractivity contribution in [2.75, 3.05) is 13.1 Å². The first kappa shape index (κ1) is 9.93. The molecule has 0 radical (unpaired) electrons. The van der Waals surface area contributed by atoms with Gasteiger partial charge in [0.2, 0.25) is 0 Å². The van der Waals surface area contributed by atoms with E-state index in [1.54, 1.807) is 18.2 Å². The zero-order chi connectivity index (χ0) is 11.2. The van der Waals surface area contributed by atoms with E-state index >= 15 is 0 Å². The van der Waals surface area contributed by atoms with E-state index in [0.29, 0.717) is 17.7 Å². The molecule has 1 fully saturated rings. The van der Waals surface area contributed by atoms with Crippen molar-refractivity contribution in [1.82, 2.24) is 5.32 Å². The van der Waals surface area contributed by atoms with Gasteiger partial charge in [-0.15, -0.1) is 0 Å². The summed E-state index contributed by atoms with van der Waals surface area (Å²) >= 11 is 0. The third-order valence-electron chi connectivity index (χ3n) is 3.47. The van der Waals surface area contributed by atoms with Gasteiger partial charge in [0.25, 0.3) is 0 Å². The van der Waals surface area contributed by atoms with Crippen molar-refractivity contribution in [3.63, 3.8) is 0 Å². The molecule has 4 nitrogen and oxygen atoms in total. The number of hydrogen-bond acceptors (Lipinski definition) is 4. The molecule has 1 aromatic rings. The van der Waals surface area contributed by atoms with E-state index < -0.39 is 6.10 Å². The summed E-state index contributed by atoms with van der Waals surface area (Å²) < 4.78 is 5.95. The topological polar surface area (TPSA) is 61.7 Å². The highest BCUT2D eigenvalue weighted by atomic mass is 16.5. The number of phenols is 1. The first-order valence-electron chi connectivity index (χ1n) is 5.60. The van der Waals surface area contributed by atoms with Gasteiger partial charge in [-0.05, 0) is 18.7 Å². The smallest absolute Gasteiger partial charge is 0.129 e. The van der Waals surface area contributed by atoms with Gasteiger partial charge in [-0.25, -0.2) is 0 Å². The molecule has 1 saturated heterocycles. The Labute approximate surface area is 93.9 Å². The molecule has 16 heavy (non-hydrogen) atoms. The molecular weight excluding hydrogens is 206 g/mol. The van der Waals surface area contributed by atoms with E-state index in [1.165, 1.54) is 0 Å². The number of aromatic hydroxyl groups is 1. The summed E-state index contributed by atoms with van der Waals surface area (Å²) in [6, 6.07) is 5.12. The molecular formula is C12H15NO3. The Hall–Kier alpha value is -1.26. The van der Waals surface area contributed by atoms with Crippen LogP contribution in [0.15, 0.2) is 18.2 Å². The lowest BCUT2D eigenvalue weighted by atomic mass is 9.88. The zero-order valence-electron chi connectivity index (χ0n) is 8.94. The normalized spacial score (nSPS) is 32.4. The van der Waals surface area contributed by atoms with Crippen molar-refractivity contribution in [2.24, 2.45) is 0 Å². The first-order valence-corrected chi connectivity index (χ1v) is 5.60. The summed E-state index contributed by atoms with van der Waals surface area (Å²) in [5.74, 6) is 0.730. The lowest BCUT2D eigenvalue weighted by Crippen LogP contribution is -2.42. The molecule has 0 amide bonds. The average molecular weight is 221 g/mol. The predicted molar refractivity (Wildman–Crippen MR) is 58.5 cm³/mol. The standard InChI is InChI=1S/C12H15NO3/c14-8-2-1-3-10-11(8)9(15)6-12(16-10)4-5-13-7-12/h1-3,9,13-15H,4-7H2. The highest BCUT2D eigenvalue weighted by Crippen LogP contribution is 2.45.